The number of nitrogens with zero attached hydrogens (tertiary/aromatic N) is 1. The van der Waals surface area contributed by atoms with E-state index in [0.717, 1.165) is 33.5 Å². The van der Waals surface area contributed by atoms with Gasteiger partial charge in [-0.1, -0.05) is 32.1 Å². The Bertz CT molecular complexity index is 1280. The highest BCUT2D eigenvalue weighted by Gasteiger charge is 2.47. The fourth-order valence-electron chi connectivity index (χ4n) is 5.08. The van der Waals surface area contributed by atoms with Gasteiger partial charge in [0.1, 0.15) is 22.6 Å². The van der Waals surface area contributed by atoms with E-state index >= 15 is 0 Å². The normalized spacial score (nSPS) is 23.7. The summed E-state index contributed by atoms with van der Waals surface area (Å²) >= 11 is 0. The van der Waals surface area contributed by atoms with Gasteiger partial charge in [-0.3, -0.25) is 9.59 Å². The molecule has 6 nitrogen and oxygen atoms in total. The van der Waals surface area contributed by atoms with Crippen LogP contribution in [0, 0.1) is 0 Å². The van der Waals surface area contributed by atoms with Crippen LogP contribution in [0.5, 0.6) is 5.75 Å². The van der Waals surface area contributed by atoms with Crippen molar-refractivity contribution in [3.8, 4) is 5.75 Å². The second-order valence-corrected chi connectivity index (χ2v) is 10.7. The molecule has 0 aliphatic carbocycles. The molecule has 6 heteroatoms. The van der Waals surface area contributed by atoms with Crippen LogP contribution in [0.4, 0.5) is 0 Å². The first-order chi connectivity index (χ1) is 15.4. The highest BCUT2D eigenvalue weighted by Crippen LogP contribution is 2.41. The molecule has 2 N–H and O–H groups in total. The second kappa shape index (κ2) is 6.86. The number of H-pyrrole nitrogens is 1. The quantitative estimate of drug-likeness (QED) is 0.687. The lowest BCUT2D eigenvalue weighted by atomic mass is 9.81. The largest absolute Gasteiger partial charge is 0.483 e. The highest BCUT2D eigenvalue weighted by molar-refractivity contribution is 6.07. The molecule has 2 aromatic rings. The standard InChI is InChI=1S/C27H31N3O3/c1-7-25(2,3)22-18(15-27(6)24(32)30-12-8-9-20(30)23(31)29-27)17-13-16-10-11-26(4,5)33-21(16)14-19(17)28-22/h7,9-11,13-14,28H,1,8,12,15H2,2-6H3,(H,29,31). The molecule has 172 valence electrons. The monoisotopic (exact) mass is 445 g/mol. The highest BCUT2D eigenvalue weighted by atomic mass is 16.5. The van der Waals surface area contributed by atoms with Gasteiger partial charge in [-0.05, 0) is 44.9 Å². The average Bonchev–Trinajstić information content (AvgIpc) is 3.36. The number of fused-ring (bicyclic) bond motifs is 3. The SMILES string of the molecule is C=CC(C)(C)c1[nH]c2cc3c(cc2c1CC1(C)NC(=O)C2=CCCN2C1=O)C=CC(C)(C)O3. The van der Waals surface area contributed by atoms with Crippen molar-refractivity contribution in [2.75, 3.05) is 6.54 Å². The first-order valence-corrected chi connectivity index (χ1v) is 11.5. The Kier molecular flexibility index (Phi) is 4.48. The third kappa shape index (κ3) is 3.31. The van der Waals surface area contributed by atoms with E-state index in [9.17, 15) is 9.59 Å². The Balaban J connectivity index is 1.66. The maximum absolute atomic E-state index is 13.5. The minimum atomic E-state index is -1.04. The van der Waals surface area contributed by atoms with E-state index in [1.165, 1.54) is 0 Å². The van der Waals surface area contributed by atoms with Crippen molar-refractivity contribution < 1.29 is 14.3 Å². The van der Waals surface area contributed by atoms with Crippen LogP contribution in [0.1, 0.15) is 57.9 Å². The van der Waals surface area contributed by atoms with E-state index in [4.69, 9.17) is 4.74 Å². The van der Waals surface area contributed by atoms with Crippen molar-refractivity contribution in [3.05, 3.63) is 59.5 Å². The molecular weight excluding hydrogens is 414 g/mol. The summed E-state index contributed by atoms with van der Waals surface area (Å²) in [7, 11) is 0. The predicted octanol–water partition coefficient (Wildman–Crippen LogP) is 4.36. The summed E-state index contributed by atoms with van der Waals surface area (Å²) in [6.07, 6.45) is 8.97. The fourth-order valence-corrected chi connectivity index (χ4v) is 5.08. The van der Waals surface area contributed by atoms with Gasteiger partial charge in [-0.25, -0.2) is 0 Å². The van der Waals surface area contributed by atoms with Crippen LogP contribution in [-0.2, 0) is 21.4 Å². The van der Waals surface area contributed by atoms with Gasteiger partial charge >= 0.3 is 0 Å². The number of hydrogen-bond acceptors (Lipinski definition) is 3. The Morgan fingerprint density at radius 2 is 2.00 bits per heavy atom. The summed E-state index contributed by atoms with van der Waals surface area (Å²) in [4.78, 5) is 31.5. The lowest BCUT2D eigenvalue weighted by molar-refractivity contribution is -0.144. The van der Waals surface area contributed by atoms with Gasteiger partial charge in [0, 0.05) is 46.6 Å². The number of rotatable bonds is 4. The predicted molar refractivity (Wildman–Crippen MR) is 130 cm³/mol. The maximum Gasteiger partial charge on any atom is 0.268 e. The first-order valence-electron chi connectivity index (χ1n) is 11.5. The summed E-state index contributed by atoms with van der Waals surface area (Å²) in [5.41, 5.74) is 2.65. The van der Waals surface area contributed by atoms with Crippen LogP contribution in [0.3, 0.4) is 0 Å². The summed E-state index contributed by atoms with van der Waals surface area (Å²) in [5, 5.41) is 4.04. The molecule has 0 bridgehead atoms. The number of carbonyl (C=O) groups is 2. The molecule has 1 aromatic heterocycles. The van der Waals surface area contributed by atoms with Crippen LogP contribution < -0.4 is 10.1 Å². The van der Waals surface area contributed by atoms with Crippen LogP contribution in [-0.4, -0.2) is 39.4 Å². The van der Waals surface area contributed by atoms with Gasteiger partial charge in [-0.15, -0.1) is 6.58 Å². The molecule has 1 aromatic carbocycles. The lowest BCUT2D eigenvalue weighted by Gasteiger charge is -2.39. The van der Waals surface area contributed by atoms with Crippen LogP contribution in [0.15, 0.2) is 42.6 Å². The topological polar surface area (TPSA) is 74.4 Å². The van der Waals surface area contributed by atoms with Gasteiger partial charge in [0.15, 0.2) is 0 Å². The number of piperazine rings is 1. The Morgan fingerprint density at radius 3 is 2.73 bits per heavy atom. The fraction of sp³-hybridized carbons (Fsp3) is 0.407. The molecule has 2 amide bonds. The molecule has 1 saturated heterocycles. The summed E-state index contributed by atoms with van der Waals surface area (Å²) < 4.78 is 6.19. The number of amides is 2. The van der Waals surface area contributed by atoms with Crippen molar-refractivity contribution in [2.45, 2.75) is 64.0 Å². The number of allylic oxidation sites excluding steroid dienone is 1. The molecule has 1 fully saturated rings. The zero-order valence-corrected chi connectivity index (χ0v) is 20.0. The minimum Gasteiger partial charge on any atom is -0.483 e. The number of benzene rings is 1. The van der Waals surface area contributed by atoms with Crippen LogP contribution >= 0.6 is 0 Å². The van der Waals surface area contributed by atoms with Crippen molar-refractivity contribution in [1.82, 2.24) is 15.2 Å². The van der Waals surface area contributed by atoms with Gasteiger partial charge in [-0.2, -0.15) is 0 Å². The number of hydrogen-bond donors (Lipinski definition) is 2. The van der Waals surface area contributed by atoms with E-state index in [-0.39, 0.29) is 22.8 Å². The first kappa shape index (κ1) is 21.6. The second-order valence-electron chi connectivity index (χ2n) is 10.7. The van der Waals surface area contributed by atoms with Crippen molar-refractivity contribution in [1.29, 1.82) is 0 Å². The van der Waals surface area contributed by atoms with Gasteiger partial charge in [0.25, 0.3) is 11.8 Å². The smallest absolute Gasteiger partial charge is 0.268 e. The summed E-state index contributed by atoms with van der Waals surface area (Å²) in [5.74, 6) is 0.575. The molecule has 33 heavy (non-hydrogen) atoms. The number of carbonyl (C=O) groups excluding carboxylic acids is 2. The average molecular weight is 446 g/mol. The molecule has 1 atom stereocenters. The molecule has 0 spiro atoms. The van der Waals surface area contributed by atoms with E-state index in [1.807, 2.05) is 39.0 Å². The van der Waals surface area contributed by atoms with E-state index in [1.54, 1.807) is 4.90 Å². The number of ether oxygens (including phenoxy) is 1. The molecule has 3 aliphatic heterocycles. The molecule has 5 rings (SSSR count). The maximum atomic E-state index is 13.5. The van der Waals surface area contributed by atoms with Gasteiger partial charge in [0.2, 0.25) is 0 Å². The number of aromatic amines is 1. The number of aromatic nitrogens is 1. The molecule has 0 radical (unpaired) electrons. The van der Waals surface area contributed by atoms with Crippen molar-refractivity contribution in [3.63, 3.8) is 0 Å². The zero-order valence-electron chi connectivity index (χ0n) is 20.0. The van der Waals surface area contributed by atoms with E-state index in [0.29, 0.717) is 25.1 Å². The molecule has 4 heterocycles. The van der Waals surface area contributed by atoms with Crippen molar-refractivity contribution >= 4 is 28.8 Å². The van der Waals surface area contributed by atoms with Crippen LogP contribution in [0.25, 0.3) is 17.0 Å². The Morgan fingerprint density at radius 1 is 1.24 bits per heavy atom. The van der Waals surface area contributed by atoms with Gasteiger partial charge < -0.3 is 19.9 Å². The molecular formula is C27H31N3O3. The number of nitrogens with one attached hydrogen (secondary N) is 2. The molecule has 1 unspecified atom stereocenters. The zero-order chi connectivity index (χ0) is 23.8. The van der Waals surface area contributed by atoms with E-state index in [2.05, 4.69) is 48.9 Å². The molecule has 0 saturated carbocycles. The molecule has 3 aliphatic rings. The third-order valence-electron chi connectivity index (χ3n) is 7.08. The van der Waals surface area contributed by atoms with E-state index < -0.39 is 5.54 Å². The Labute approximate surface area is 194 Å². The summed E-state index contributed by atoms with van der Waals surface area (Å²) in [6, 6.07) is 4.15. The third-order valence-corrected chi connectivity index (χ3v) is 7.08. The van der Waals surface area contributed by atoms with Crippen molar-refractivity contribution in [2.24, 2.45) is 0 Å². The lowest BCUT2D eigenvalue weighted by Crippen LogP contribution is -2.64. The minimum absolute atomic E-state index is 0.0644. The summed E-state index contributed by atoms with van der Waals surface area (Å²) in [6.45, 7) is 14.7. The Hall–Kier alpha value is -3.28. The van der Waals surface area contributed by atoms with Gasteiger partial charge in [0.05, 0.1) is 0 Å². The van der Waals surface area contributed by atoms with Crippen LogP contribution in [0.2, 0.25) is 0 Å².